The van der Waals surface area contributed by atoms with Gasteiger partial charge in [0.25, 0.3) is 0 Å². The van der Waals surface area contributed by atoms with E-state index < -0.39 is 0 Å². The van der Waals surface area contributed by atoms with E-state index in [-0.39, 0.29) is 5.75 Å². The van der Waals surface area contributed by atoms with Crippen LogP contribution in [0.5, 0.6) is 11.5 Å². The molecule has 0 unspecified atom stereocenters. The number of ether oxygens (including phenoxy) is 1. The summed E-state index contributed by atoms with van der Waals surface area (Å²) in [7, 11) is 0. The van der Waals surface area contributed by atoms with Gasteiger partial charge in [0, 0.05) is 0 Å². The van der Waals surface area contributed by atoms with E-state index in [1.54, 1.807) is 12.1 Å². The van der Waals surface area contributed by atoms with Crippen molar-refractivity contribution in [3.05, 3.63) is 57.2 Å². The molecule has 0 aliphatic rings. The van der Waals surface area contributed by atoms with E-state index in [9.17, 15) is 10.4 Å². The van der Waals surface area contributed by atoms with Gasteiger partial charge in [0.15, 0.2) is 11.5 Å². The number of allylic oxidation sites excluding steroid dienone is 1. The zero-order valence-electron chi connectivity index (χ0n) is 11.5. The SMILES string of the molecule is CCOc1cc(/C=C(/C#N)c2ccccc2)cc(I)c1O. The van der Waals surface area contributed by atoms with E-state index in [1.807, 2.05) is 65.9 Å². The first-order chi connectivity index (χ1) is 10.2. The van der Waals surface area contributed by atoms with Crippen molar-refractivity contribution in [3.8, 4) is 17.6 Å². The largest absolute Gasteiger partial charge is 0.504 e. The van der Waals surface area contributed by atoms with Crippen LogP contribution in [0, 0.1) is 14.9 Å². The van der Waals surface area contributed by atoms with Crippen molar-refractivity contribution in [1.29, 1.82) is 5.26 Å². The summed E-state index contributed by atoms with van der Waals surface area (Å²) in [5, 5.41) is 19.3. The van der Waals surface area contributed by atoms with Crippen LogP contribution in [0.3, 0.4) is 0 Å². The third-order valence-electron chi connectivity index (χ3n) is 2.87. The van der Waals surface area contributed by atoms with Crippen molar-refractivity contribution in [2.75, 3.05) is 6.61 Å². The molecule has 1 N–H and O–H groups in total. The van der Waals surface area contributed by atoms with Gasteiger partial charge in [0.1, 0.15) is 0 Å². The molecule has 2 aromatic rings. The fraction of sp³-hybridized carbons (Fsp3) is 0.118. The lowest BCUT2D eigenvalue weighted by Crippen LogP contribution is -1.94. The molecule has 0 amide bonds. The van der Waals surface area contributed by atoms with Gasteiger partial charge in [-0.3, -0.25) is 0 Å². The molecule has 106 valence electrons. The summed E-state index contributed by atoms with van der Waals surface area (Å²) in [5.74, 6) is 0.564. The minimum Gasteiger partial charge on any atom is -0.504 e. The Morgan fingerprint density at radius 1 is 1.33 bits per heavy atom. The minimum atomic E-state index is 0.132. The maximum absolute atomic E-state index is 9.94. The van der Waals surface area contributed by atoms with Crippen molar-refractivity contribution >= 4 is 34.2 Å². The first kappa shape index (κ1) is 15.4. The molecule has 0 aliphatic carbocycles. The van der Waals surface area contributed by atoms with Gasteiger partial charge in [-0.25, -0.2) is 0 Å². The number of nitriles is 1. The van der Waals surface area contributed by atoms with Gasteiger partial charge >= 0.3 is 0 Å². The Balaban J connectivity index is 2.46. The fourth-order valence-corrected chi connectivity index (χ4v) is 2.53. The molecule has 0 heterocycles. The average Bonchev–Trinajstić information content (AvgIpc) is 2.50. The van der Waals surface area contributed by atoms with Crippen LogP contribution < -0.4 is 4.74 Å². The lowest BCUT2D eigenvalue weighted by atomic mass is 10.0. The van der Waals surface area contributed by atoms with Gasteiger partial charge in [0.2, 0.25) is 0 Å². The second kappa shape index (κ2) is 7.14. The first-order valence-corrected chi connectivity index (χ1v) is 7.56. The van der Waals surface area contributed by atoms with Gasteiger partial charge in [-0.1, -0.05) is 30.3 Å². The number of rotatable bonds is 4. The smallest absolute Gasteiger partial charge is 0.171 e. The summed E-state index contributed by atoms with van der Waals surface area (Å²) >= 11 is 2.05. The average molecular weight is 391 g/mol. The number of hydrogen-bond acceptors (Lipinski definition) is 3. The van der Waals surface area contributed by atoms with Crippen LogP contribution in [0.25, 0.3) is 11.6 Å². The molecule has 0 spiro atoms. The number of phenols is 1. The molecular weight excluding hydrogens is 377 g/mol. The molecule has 0 aromatic heterocycles. The second-order valence-electron chi connectivity index (χ2n) is 4.32. The van der Waals surface area contributed by atoms with Crippen LogP contribution in [0.15, 0.2) is 42.5 Å². The molecule has 2 rings (SSSR count). The zero-order chi connectivity index (χ0) is 15.2. The van der Waals surface area contributed by atoms with Crippen LogP contribution in [0.4, 0.5) is 0 Å². The van der Waals surface area contributed by atoms with E-state index in [2.05, 4.69) is 6.07 Å². The predicted octanol–water partition coefficient (Wildman–Crippen LogP) is 4.46. The zero-order valence-corrected chi connectivity index (χ0v) is 13.7. The molecule has 3 nitrogen and oxygen atoms in total. The highest BCUT2D eigenvalue weighted by Gasteiger charge is 2.09. The Bertz CT molecular complexity index is 703. The summed E-state index contributed by atoms with van der Waals surface area (Å²) in [6.45, 7) is 2.33. The number of phenolic OH excluding ortho intramolecular Hbond substituents is 1. The molecule has 4 heteroatoms. The Labute approximate surface area is 137 Å². The molecular formula is C17H14INO2. The number of benzene rings is 2. The summed E-state index contributed by atoms with van der Waals surface area (Å²) in [6, 6.07) is 15.3. The topological polar surface area (TPSA) is 53.2 Å². The fourth-order valence-electron chi connectivity index (χ4n) is 1.91. The Morgan fingerprint density at radius 2 is 2.05 bits per heavy atom. The molecule has 0 saturated carbocycles. The van der Waals surface area contributed by atoms with Crippen molar-refractivity contribution in [3.63, 3.8) is 0 Å². The van der Waals surface area contributed by atoms with Gasteiger partial charge in [-0.15, -0.1) is 0 Å². The van der Waals surface area contributed by atoms with Crippen molar-refractivity contribution in [2.24, 2.45) is 0 Å². The highest BCUT2D eigenvalue weighted by Crippen LogP contribution is 2.34. The van der Waals surface area contributed by atoms with Crippen LogP contribution >= 0.6 is 22.6 Å². The predicted molar refractivity (Wildman–Crippen MR) is 91.9 cm³/mol. The molecule has 0 radical (unpaired) electrons. The third-order valence-corrected chi connectivity index (χ3v) is 3.69. The molecule has 0 fully saturated rings. The summed E-state index contributed by atoms with van der Waals surface area (Å²) in [4.78, 5) is 0. The highest BCUT2D eigenvalue weighted by atomic mass is 127. The number of nitrogens with zero attached hydrogens (tertiary/aromatic N) is 1. The maximum Gasteiger partial charge on any atom is 0.171 e. The summed E-state index contributed by atoms with van der Waals surface area (Å²) in [5.41, 5.74) is 2.25. The van der Waals surface area contributed by atoms with Crippen molar-refractivity contribution in [2.45, 2.75) is 6.92 Å². The van der Waals surface area contributed by atoms with Crippen LogP contribution in [0.2, 0.25) is 0 Å². The third kappa shape index (κ3) is 3.76. The lowest BCUT2D eigenvalue weighted by Gasteiger charge is -2.09. The standard InChI is InChI=1S/C17H14INO2/c1-2-21-16-10-12(9-15(18)17(16)20)8-14(11-19)13-6-4-3-5-7-13/h3-10,20H,2H2,1H3/b14-8-. The summed E-state index contributed by atoms with van der Waals surface area (Å²) < 4.78 is 6.10. The molecule has 21 heavy (non-hydrogen) atoms. The molecule has 0 aliphatic heterocycles. The maximum atomic E-state index is 9.94. The Kier molecular flexibility index (Phi) is 5.23. The van der Waals surface area contributed by atoms with E-state index in [0.29, 0.717) is 21.5 Å². The monoisotopic (exact) mass is 391 g/mol. The summed E-state index contributed by atoms with van der Waals surface area (Å²) in [6.07, 6.45) is 1.79. The van der Waals surface area contributed by atoms with Crippen molar-refractivity contribution < 1.29 is 9.84 Å². The lowest BCUT2D eigenvalue weighted by molar-refractivity contribution is 0.317. The van der Waals surface area contributed by atoms with Crippen molar-refractivity contribution in [1.82, 2.24) is 0 Å². The van der Waals surface area contributed by atoms with Gasteiger partial charge in [-0.2, -0.15) is 5.26 Å². The van der Waals surface area contributed by atoms with Gasteiger partial charge in [0.05, 0.1) is 21.8 Å². The highest BCUT2D eigenvalue weighted by molar-refractivity contribution is 14.1. The van der Waals surface area contributed by atoms with E-state index in [0.717, 1.165) is 11.1 Å². The van der Waals surface area contributed by atoms with E-state index in [4.69, 9.17) is 4.74 Å². The van der Waals surface area contributed by atoms with Crippen LogP contribution in [-0.4, -0.2) is 11.7 Å². The first-order valence-electron chi connectivity index (χ1n) is 6.48. The number of aromatic hydroxyl groups is 1. The van der Waals surface area contributed by atoms with Gasteiger partial charge < -0.3 is 9.84 Å². The Hall–Kier alpha value is -2.00. The molecule has 0 bridgehead atoms. The van der Waals surface area contributed by atoms with Gasteiger partial charge in [-0.05, 0) is 58.9 Å². The van der Waals surface area contributed by atoms with E-state index in [1.165, 1.54) is 0 Å². The quantitative estimate of drug-likeness (QED) is 0.476. The Morgan fingerprint density at radius 3 is 2.67 bits per heavy atom. The molecule has 0 atom stereocenters. The molecule has 0 saturated heterocycles. The normalized spacial score (nSPS) is 11.0. The van der Waals surface area contributed by atoms with Crippen LogP contribution in [-0.2, 0) is 0 Å². The van der Waals surface area contributed by atoms with E-state index >= 15 is 0 Å². The minimum absolute atomic E-state index is 0.132. The number of halogens is 1. The number of hydrogen-bond donors (Lipinski definition) is 1. The van der Waals surface area contributed by atoms with Crippen LogP contribution in [0.1, 0.15) is 18.1 Å². The second-order valence-corrected chi connectivity index (χ2v) is 5.48. The molecule has 2 aromatic carbocycles.